The first-order valence-electron chi connectivity index (χ1n) is 7.01. The van der Waals surface area contributed by atoms with Crippen LogP contribution in [0.1, 0.15) is 5.56 Å². The standard InChI is InChI=1S/C15H15N5O3/c1-19-13-12(14(22)18-15(19)23)20(9-17-13)8-11(21)16-7-10-5-3-2-4-6-10/h2-6,9H,7-8H2,1H3,(H,16,21)(H,18,22,23). The number of benzene rings is 1. The summed E-state index contributed by atoms with van der Waals surface area (Å²) in [6, 6.07) is 9.51. The highest BCUT2D eigenvalue weighted by Crippen LogP contribution is 2.04. The summed E-state index contributed by atoms with van der Waals surface area (Å²) in [7, 11) is 1.51. The average Bonchev–Trinajstić information content (AvgIpc) is 2.96. The third-order valence-corrected chi connectivity index (χ3v) is 3.52. The van der Waals surface area contributed by atoms with E-state index < -0.39 is 11.2 Å². The summed E-state index contributed by atoms with van der Waals surface area (Å²) in [5, 5.41) is 2.78. The van der Waals surface area contributed by atoms with Crippen LogP contribution in [0.4, 0.5) is 0 Å². The molecule has 0 aliphatic heterocycles. The number of hydrogen-bond donors (Lipinski definition) is 2. The number of rotatable bonds is 4. The highest BCUT2D eigenvalue weighted by atomic mass is 16.2. The lowest BCUT2D eigenvalue weighted by molar-refractivity contribution is -0.121. The second kappa shape index (κ2) is 5.91. The highest BCUT2D eigenvalue weighted by Gasteiger charge is 2.13. The third-order valence-electron chi connectivity index (χ3n) is 3.52. The SMILES string of the molecule is Cn1c(=O)[nH]c(=O)c2c1ncn2CC(=O)NCc1ccccc1. The number of fused-ring (bicyclic) bond motifs is 1. The fourth-order valence-electron chi connectivity index (χ4n) is 2.31. The van der Waals surface area contributed by atoms with Gasteiger partial charge in [-0.2, -0.15) is 0 Å². The number of aromatic nitrogens is 4. The van der Waals surface area contributed by atoms with Gasteiger partial charge in [0.05, 0.1) is 6.33 Å². The lowest BCUT2D eigenvalue weighted by Crippen LogP contribution is -2.31. The van der Waals surface area contributed by atoms with Gasteiger partial charge in [0.25, 0.3) is 5.56 Å². The number of nitrogens with one attached hydrogen (secondary N) is 2. The quantitative estimate of drug-likeness (QED) is 0.693. The van der Waals surface area contributed by atoms with Gasteiger partial charge in [-0.25, -0.2) is 9.78 Å². The Morgan fingerprint density at radius 3 is 2.74 bits per heavy atom. The summed E-state index contributed by atoms with van der Waals surface area (Å²) >= 11 is 0. The van der Waals surface area contributed by atoms with Crippen molar-refractivity contribution in [2.24, 2.45) is 7.05 Å². The third kappa shape index (κ3) is 2.91. The van der Waals surface area contributed by atoms with E-state index in [9.17, 15) is 14.4 Å². The van der Waals surface area contributed by atoms with Gasteiger partial charge in [0.15, 0.2) is 11.2 Å². The van der Waals surface area contributed by atoms with Crippen LogP contribution in [0.2, 0.25) is 0 Å². The number of imidazole rings is 1. The molecule has 0 aliphatic rings. The monoisotopic (exact) mass is 313 g/mol. The van der Waals surface area contributed by atoms with Crippen molar-refractivity contribution in [3.8, 4) is 0 Å². The molecule has 3 aromatic rings. The molecule has 0 aliphatic carbocycles. The maximum atomic E-state index is 12.1. The van der Waals surface area contributed by atoms with Gasteiger partial charge in [-0.15, -0.1) is 0 Å². The van der Waals surface area contributed by atoms with Gasteiger partial charge in [-0.3, -0.25) is 19.1 Å². The van der Waals surface area contributed by atoms with Crippen LogP contribution >= 0.6 is 0 Å². The Morgan fingerprint density at radius 2 is 2.00 bits per heavy atom. The van der Waals surface area contributed by atoms with Crippen LogP contribution in [0, 0.1) is 0 Å². The molecule has 8 nitrogen and oxygen atoms in total. The molecule has 8 heteroatoms. The number of nitrogens with zero attached hydrogens (tertiary/aromatic N) is 3. The molecule has 23 heavy (non-hydrogen) atoms. The molecule has 0 fully saturated rings. The molecule has 1 aromatic carbocycles. The minimum atomic E-state index is -0.559. The molecule has 0 atom stereocenters. The molecule has 1 amide bonds. The molecular weight excluding hydrogens is 298 g/mol. The Balaban J connectivity index is 1.79. The van der Waals surface area contributed by atoms with Crippen LogP contribution in [0.5, 0.6) is 0 Å². The van der Waals surface area contributed by atoms with E-state index >= 15 is 0 Å². The van der Waals surface area contributed by atoms with E-state index in [0.717, 1.165) is 5.56 Å². The lowest BCUT2D eigenvalue weighted by Gasteiger charge is -2.06. The van der Waals surface area contributed by atoms with Crippen molar-refractivity contribution in [3.05, 3.63) is 63.1 Å². The number of carbonyl (C=O) groups is 1. The molecule has 2 aromatic heterocycles. The van der Waals surface area contributed by atoms with Gasteiger partial charge in [-0.1, -0.05) is 30.3 Å². The Bertz CT molecular complexity index is 968. The maximum absolute atomic E-state index is 12.1. The van der Waals surface area contributed by atoms with Gasteiger partial charge in [0.1, 0.15) is 6.54 Å². The zero-order chi connectivity index (χ0) is 16.4. The van der Waals surface area contributed by atoms with Crippen LogP contribution in [0.3, 0.4) is 0 Å². The predicted octanol–water partition coefficient (Wildman–Crippen LogP) is -0.260. The summed E-state index contributed by atoms with van der Waals surface area (Å²) in [6.07, 6.45) is 1.38. The normalized spacial score (nSPS) is 10.8. The van der Waals surface area contributed by atoms with Crippen molar-refractivity contribution in [2.75, 3.05) is 0 Å². The molecule has 0 saturated carbocycles. The number of aromatic amines is 1. The number of hydrogen-bond acceptors (Lipinski definition) is 4. The molecule has 0 spiro atoms. The number of aryl methyl sites for hydroxylation is 1. The van der Waals surface area contributed by atoms with E-state index in [1.165, 1.54) is 22.5 Å². The first-order chi connectivity index (χ1) is 11.1. The number of carbonyl (C=O) groups excluding carboxylic acids is 1. The minimum Gasteiger partial charge on any atom is -0.350 e. The van der Waals surface area contributed by atoms with E-state index in [1.807, 2.05) is 30.3 Å². The van der Waals surface area contributed by atoms with Crippen LogP contribution < -0.4 is 16.6 Å². The first-order valence-corrected chi connectivity index (χ1v) is 7.01. The summed E-state index contributed by atoms with van der Waals surface area (Å²) in [6.45, 7) is 0.353. The summed E-state index contributed by atoms with van der Waals surface area (Å²) < 4.78 is 2.66. The Morgan fingerprint density at radius 1 is 1.26 bits per heavy atom. The Labute approximate surface area is 130 Å². The molecule has 0 bridgehead atoms. The van der Waals surface area contributed by atoms with E-state index in [2.05, 4.69) is 15.3 Å². The van der Waals surface area contributed by atoms with Crippen molar-refractivity contribution in [3.63, 3.8) is 0 Å². The Kier molecular flexibility index (Phi) is 3.80. The zero-order valence-corrected chi connectivity index (χ0v) is 12.4. The van der Waals surface area contributed by atoms with Crippen molar-refractivity contribution >= 4 is 17.1 Å². The van der Waals surface area contributed by atoms with Crippen LogP contribution in [0.15, 0.2) is 46.2 Å². The average molecular weight is 313 g/mol. The summed E-state index contributed by atoms with van der Waals surface area (Å²) in [5.41, 5.74) is 0.325. The topological polar surface area (TPSA) is 102 Å². The van der Waals surface area contributed by atoms with Gasteiger partial charge >= 0.3 is 5.69 Å². The largest absolute Gasteiger partial charge is 0.350 e. The molecule has 0 saturated heterocycles. The predicted molar refractivity (Wildman–Crippen MR) is 83.9 cm³/mol. The van der Waals surface area contributed by atoms with Gasteiger partial charge in [0.2, 0.25) is 5.91 Å². The molecule has 0 unspecified atom stereocenters. The summed E-state index contributed by atoms with van der Waals surface area (Å²) in [5.74, 6) is -0.249. The zero-order valence-electron chi connectivity index (χ0n) is 12.4. The van der Waals surface area contributed by atoms with Crippen LogP contribution in [-0.2, 0) is 24.9 Å². The fourth-order valence-corrected chi connectivity index (χ4v) is 2.31. The number of amides is 1. The molecule has 3 rings (SSSR count). The van der Waals surface area contributed by atoms with Crippen molar-refractivity contribution in [2.45, 2.75) is 13.1 Å². The van der Waals surface area contributed by atoms with Gasteiger partial charge in [-0.05, 0) is 5.56 Å². The Hall–Kier alpha value is -3.16. The molecule has 2 heterocycles. The lowest BCUT2D eigenvalue weighted by atomic mass is 10.2. The number of H-pyrrole nitrogens is 1. The summed E-state index contributed by atoms with van der Waals surface area (Å²) in [4.78, 5) is 41.7. The van der Waals surface area contributed by atoms with Crippen LogP contribution in [0.25, 0.3) is 11.2 Å². The van der Waals surface area contributed by atoms with Crippen LogP contribution in [-0.4, -0.2) is 25.0 Å². The first kappa shape index (κ1) is 14.8. The van der Waals surface area contributed by atoms with Gasteiger partial charge in [0, 0.05) is 13.6 Å². The smallest absolute Gasteiger partial charge is 0.329 e. The second-order valence-corrected chi connectivity index (χ2v) is 5.13. The second-order valence-electron chi connectivity index (χ2n) is 5.13. The fraction of sp³-hybridized carbons (Fsp3) is 0.200. The van der Waals surface area contributed by atoms with E-state index in [0.29, 0.717) is 6.54 Å². The molecular formula is C15H15N5O3. The van der Waals surface area contributed by atoms with E-state index in [1.54, 1.807) is 0 Å². The van der Waals surface area contributed by atoms with Crippen molar-refractivity contribution in [1.82, 2.24) is 24.4 Å². The maximum Gasteiger partial charge on any atom is 0.329 e. The van der Waals surface area contributed by atoms with Gasteiger partial charge < -0.3 is 9.88 Å². The molecule has 2 N–H and O–H groups in total. The van der Waals surface area contributed by atoms with Crippen molar-refractivity contribution < 1.29 is 4.79 Å². The van der Waals surface area contributed by atoms with Crippen molar-refractivity contribution in [1.29, 1.82) is 0 Å². The molecule has 0 radical (unpaired) electrons. The highest BCUT2D eigenvalue weighted by molar-refractivity contribution is 5.78. The minimum absolute atomic E-state index is 0.0510. The molecule has 118 valence electrons. The van der Waals surface area contributed by atoms with E-state index in [4.69, 9.17) is 0 Å². The van der Waals surface area contributed by atoms with E-state index in [-0.39, 0.29) is 23.6 Å².